The van der Waals surface area contributed by atoms with Crippen molar-refractivity contribution in [3.8, 4) is 6.07 Å². The highest BCUT2D eigenvalue weighted by atomic mass is 35.5. The molecule has 1 amide bonds. The van der Waals surface area contributed by atoms with Crippen molar-refractivity contribution < 1.29 is 4.79 Å². The highest BCUT2D eigenvalue weighted by molar-refractivity contribution is 6.31. The smallest absolute Gasteiger partial charge is 0.263 e. The lowest BCUT2D eigenvalue weighted by Gasteiger charge is -2.28. The number of hydrogen-bond acceptors (Lipinski definition) is 4. The monoisotopic (exact) mass is 394 g/mol. The molecule has 0 radical (unpaired) electrons. The number of halogens is 1. The molecule has 0 atom stereocenters. The molecular weight excluding hydrogens is 372 g/mol. The molecule has 0 aromatic heterocycles. The summed E-state index contributed by atoms with van der Waals surface area (Å²) in [7, 11) is 0. The average molecular weight is 395 g/mol. The highest BCUT2D eigenvalue weighted by Crippen LogP contribution is 2.22. The van der Waals surface area contributed by atoms with Crippen LogP contribution in [-0.4, -0.2) is 19.0 Å². The first kappa shape index (κ1) is 19.8. The Kier molecular flexibility index (Phi) is 6.94. The van der Waals surface area contributed by atoms with E-state index in [0.717, 1.165) is 24.3 Å². The number of carbonyl (C=O) groups excluding carboxylic acids is 1. The molecule has 3 rings (SSSR count). The first-order valence-electron chi connectivity index (χ1n) is 9.41. The van der Waals surface area contributed by atoms with Gasteiger partial charge in [-0.25, -0.2) is 0 Å². The number of nitriles is 1. The molecule has 1 saturated heterocycles. The van der Waals surface area contributed by atoms with E-state index in [1.807, 2.05) is 36.4 Å². The summed E-state index contributed by atoms with van der Waals surface area (Å²) < 4.78 is 0. The van der Waals surface area contributed by atoms with Crippen LogP contribution >= 0.6 is 11.6 Å². The van der Waals surface area contributed by atoms with Crippen molar-refractivity contribution in [2.45, 2.75) is 25.8 Å². The van der Waals surface area contributed by atoms with Crippen LogP contribution in [0.5, 0.6) is 0 Å². The summed E-state index contributed by atoms with van der Waals surface area (Å²) in [5, 5.41) is 15.6. The second-order valence-electron chi connectivity index (χ2n) is 6.68. The lowest BCUT2D eigenvalue weighted by Crippen LogP contribution is -2.29. The van der Waals surface area contributed by atoms with Crippen molar-refractivity contribution in [1.29, 1.82) is 5.26 Å². The summed E-state index contributed by atoms with van der Waals surface area (Å²) >= 11 is 6.08. The number of piperidine rings is 1. The Morgan fingerprint density at radius 2 is 1.82 bits per heavy atom. The Hall–Kier alpha value is -2.97. The third kappa shape index (κ3) is 5.28. The van der Waals surface area contributed by atoms with Gasteiger partial charge in [0.05, 0.1) is 0 Å². The summed E-state index contributed by atoms with van der Waals surface area (Å²) in [5.41, 5.74) is 2.84. The van der Waals surface area contributed by atoms with Gasteiger partial charge in [-0.15, -0.1) is 0 Å². The van der Waals surface area contributed by atoms with Crippen molar-refractivity contribution in [2.24, 2.45) is 0 Å². The zero-order valence-corrected chi connectivity index (χ0v) is 16.4. The predicted octanol–water partition coefficient (Wildman–Crippen LogP) is 4.47. The summed E-state index contributed by atoms with van der Waals surface area (Å²) in [6.45, 7) is 2.45. The van der Waals surface area contributed by atoms with Gasteiger partial charge in [-0.3, -0.25) is 4.79 Å². The molecule has 2 aromatic rings. The van der Waals surface area contributed by atoms with Crippen LogP contribution in [0.3, 0.4) is 0 Å². The Balaban J connectivity index is 1.57. The van der Waals surface area contributed by atoms with Gasteiger partial charge >= 0.3 is 0 Å². The van der Waals surface area contributed by atoms with E-state index in [-0.39, 0.29) is 12.1 Å². The van der Waals surface area contributed by atoms with Gasteiger partial charge in [0.25, 0.3) is 5.91 Å². The SMILES string of the molecule is N#C/C(=C/Nc1ccc(N2CCCCC2)cc1)C(=O)NCc1ccccc1Cl. The Labute approximate surface area is 170 Å². The Bertz CT molecular complexity index is 880. The lowest BCUT2D eigenvalue weighted by atomic mass is 10.1. The second-order valence-corrected chi connectivity index (χ2v) is 7.09. The molecule has 0 aliphatic carbocycles. The van der Waals surface area contributed by atoms with Crippen molar-refractivity contribution in [1.82, 2.24) is 5.32 Å². The van der Waals surface area contributed by atoms with Gasteiger partial charge in [0.1, 0.15) is 11.6 Å². The number of nitrogens with zero attached hydrogens (tertiary/aromatic N) is 2. The molecular formula is C22H23ClN4O. The molecule has 1 heterocycles. The average Bonchev–Trinajstić information content (AvgIpc) is 2.74. The van der Waals surface area contributed by atoms with E-state index in [4.69, 9.17) is 11.6 Å². The van der Waals surface area contributed by atoms with Gasteiger partial charge in [0.2, 0.25) is 0 Å². The topological polar surface area (TPSA) is 68.2 Å². The summed E-state index contributed by atoms with van der Waals surface area (Å²) in [5.74, 6) is -0.445. The maximum atomic E-state index is 12.2. The maximum Gasteiger partial charge on any atom is 0.263 e. The zero-order chi connectivity index (χ0) is 19.8. The molecule has 1 fully saturated rings. The largest absolute Gasteiger partial charge is 0.372 e. The minimum Gasteiger partial charge on any atom is -0.372 e. The van der Waals surface area contributed by atoms with E-state index in [1.165, 1.54) is 31.1 Å². The molecule has 1 aliphatic rings. The molecule has 0 unspecified atom stereocenters. The molecule has 144 valence electrons. The van der Waals surface area contributed by atoms with E-state index in [1.54, 1.807) is 6.07 Å². The summed E-state index contributed by atoms with van der Waals surface area (Å²) in [6, 6.07) is 17.2. The molecule has 1 aliphatic heterocycles. The minimum absolute atomic E-state index is 0.00663. The normalized spacial score (nSPS) is 14.3. The van der Waals surface area contributed by atoms with Crippen molar-refractivity contribution in [3.63, 3.8) is 0 Å². The van der Waals surface area contributed by atoms with Crippen LogP contribution in [0, 0.1) is 11.3 Å². The molecule has 5 nitrogen and oxygen atoms in total. The Morgan fingerprint density at radius 3 is 2.50 bits per heavy atom. The molecule has 2 aromatic carbocycles. The molecule has 28 heavy (non-hydrogen) atoms. The highest BCUT2D eigenvalue weighted by Gasteiger charge is 2.11. The van der Waals surface area contributed by atoms with Crippen LogP contribution in [-0.2, 0) is 11.3 Å². The van der Waals surface area contributed by atoms with Gasteiger partial charge in [-0.1, -0.05) is 29.8 Å². The molecule has 0 saturated carbocycles. The third-order valence-electron chi connectivity index (χ3n) is 4.73. The predicted molar refractivity (Wildman–Crippen MR) is 113 cm³/mol. The molecule has 0 bridgehead atoms. The van der Waals surface area contributed by atoms with Crippen molar-refractivity contribution in [3.05, 3.63) is 70.9 Å². The first-order valence-corrected chi connectivity index (χ1v) is 9.78. The lowest BCUT2D eigenvalue weighted by molar-refractivity contribution is -0.117. The number of hydrogen-bond donors (Lipinski definition) is 2. The number of rotatable bonds is 6. The van der Waals surface area contributed by atoms with E-state index < -0.39 is 5.91 Å². The fourth-order valence-electron chi connectivity index (χ4n) is 3.14. The van der Waals surface area contributed by atoms with Crippen LogP contribution in [0.1, 0.15) is 24.8 Å². The van der Waals surface area contributed by atoms with E-state index >= 15 is 0 Å². The first-order chi connectivity index (χ1) is 13.7. The van der Waals surface area contributed by atoms with Crippen LogP contribution < -0.4 is 15.5 Å². The Morgan fingerprint density at radius 1 is 1.11 bits per heavy atom. The molecule has 6 heteroatoms. The second kappa shape index (κ2) is 9.82. The summed E-state index contributed by atoms with van der Waals surface area (Å²) in [6.07, 6.45) is 5.20. The fourth-order valence-corrected chi connectivity index (χ4v) is 3.34. The minimum atomic E-state index is -0.445. The number of amides is 1. The number of nitrogens with one attached hydrogen (secondary N) is 2. The van der Waals surface area contributed by atoms with Crippen molar-refractivity contribution >= 4 is 28.9 Å². The third-order valence-corrected chi connectivity index (χ3v) is 5.10. The van der Waals surface area contributed by atoms with Crippen LogP contribution in [0.15, 0.2) is 60.3 Å². The van der Waals surface area contributed by atoms with E-state index in [9.17, 15) is 10.1 Å². The standard InChI is InChI=1S/C22H23ClN4O/c23-21-7-3-2-6-17(21)15-26-22(28)18(14-24)16-25-19-8-10-20(11-9-19)27-12-4-1-5-13-27/h2-3,6-11,16,25H,1,4-5,12-13,15H2,(H,26,28)/b18-16-. The van der Waals surface area contributed by atoms with Gasteiger partial charge in [0, 0.05) is 42.2 Å². The quantitative estimate of drug-likeness (QED) is 0.560. The number of carbonyl (C=O) groups is 1. The number of anilines is 2. The van der Waals surface area contributed by atoms with Crippen LogP contribution in [0.25, 0.3) is 0 Å². The van der Waals surface area contributed by atoms with Gasteiger partial charge in [-0.2, -0.15) is 5.26 Å². The molecule has 0 spiro atoms. The maximum absolute atomic E-state index is 12.2. The van der Waals surface area contributed by atoms with Gasteiger partial charge in [0.15, 0.2) is 0 Å². The van der Waals surface area contributed by atoms with Crippen LogP contribution in [0.2, 0.25) is 5.02 Å². The van der Waals surface area contributed by atoms with E-state index in [0.29, 0.717) is 5.02 Å². The molecule has 2 N–H and O–H groups in total. The zero-order valence-electron chi connectivity index (χ0n) is 15.6. The van der Waals surface area contributed by atoms with E-state index in [2.05, 4.69) is 27.7 Å². The van der Waals surface area contributed by atoms with Gasteiger partial charge < -0.3 is 15.5 Å². The van der Waals surface area contributed by atoms with Crippen molar-refractivity contribution in [2.75, 3.05) is 23.3 Å². The number of benzene rings is 2. The fraction of sp³-hybridized carbons (Fsp3) is 0.273. The van der Waals surface area contributed by atoms with Gasteiger partial charge in [-0.05, 0) is 55.2 Å². The summed E-state index contributed by atoms with van der Waals surface area (Å²) in [4.78, 5) is 14.6. The van der Waals surface area contributed by atoms with Crippen LogP contribution in [0.4, 0.5) is 11.4 Å².